The first-order valence-corrected chi connectivity index (χ1v) is 6.42. The highest BCUT2D eigenvalue weighted by molar-refractivity contribution is 4.78. The molecule has 0 spiro atoms. The van der Waals surface area contributed by atoms with Crippen LogP contribution in [0.3, 0.4) is 0 Å². The van der Waals surface area contributed by atoms with Crippen LogP contribution in [-0.4, -0.2) is 50.3 Å². The largest absolute Gasteiger partial charge is 0.381 e. The van der Waals surface area contributed by atoms with Crippen molar-refractivity contribution in [2.75, 3.05) is 39.4 Å². The van der Waals surface area contributed by atoms with E-state index in [4.69, 9.17) is 4.74 Å². The Kier molecular flexibility index (Phi) is 4.42. The fourth-order valence-electron chi connectivity index (χ4n) is 2.61. The number of rotatable bonds is 3. The molecule has 2 aliphatic heterocycles. The second-order valence-electron chi connectivity index (χ2n) is 4.90. The molecule has 2 rings (SSSR count). The van der Waals surface area contributed by atoms with Gasteiger partial charge in [0.1, 0.15) is 0 Å². The maximum absolute atomic E-state index is 5.44. The van der Waals surface area contributed by atoms with Gasteiger partial charge in [-0.1, -0.05) is 6.92 Å². The van der Waals surface area contributed by atoms with Crippen molar-refractivity contribution >= 4 is 0 Å². The second kappa shape index (κ2) is 5.83. The van der Waals surface area contributed by atoms with E-state index in [2.05, 4.69) is 17.1 Å². The van der Waals surface area contributed by atoms with Crippen LogP contribution in [0.4, 0.5) is 0 Å². The van der Waals surface area contributed by atoms with E-state index in [9.17, 15) is 0 Å². The molecule has 2 unspecified atom stereocenters. The summed E-state index contributed by atoms with van der Waals surface area (Å²) in [5.74, 6) is 0.792. The highest BCUT2D eigenvalue weighted by atomic mass is 16.5. The summed E-state index contributed by atoms with van der Waals surface area (Å²) in [6, 6.07) is 0.704. The van der Waals surface area contributed by atoms with E-state index in [1.165, 1.54) is 45.4 Å². The lowest BCUT2D eigenvalue weighted by Gasteiger charge is -2.25. The van der Waals surface area contributed by atoms with Gasteiger partial charge in [-0.3, -0.25) is 0 Å². The molecule has 3 heteroatoms. The van der Waals surface area contributed by atoms with Crippen LogP contribution in [0.25, 0.3) is 0 Å². The normalized spacial score (nSPS) is 34.2. The zero-order chi connectivity index (χ0) is 10.5. The SMILES string of the molecule is CCC1CN(CC2CCOC2)CCCN1. The molecule has 15 heavy (non-hydrogen) atoms. The first kappa shape index (κ1) is 11.4. The van der Waals surface area contributed by atoms with Crippen molar-refractivity contribution in [2.24, 2.45) is 5.92 Å². The van der Waals surface area contributed by atoms with Crippen LogP contribution >= 0.6 is 0 Å². The highest BCUT2D eigenvalue weighted by Crippen LogP contribution is 2.15. The smallest absolute Gasteiger partial charge is 0.0507 e. The van der Waals surface area contributed by atoms with E-state index >= 15 is 0 Å². The van der Waals surface area contributed by atoms with Crippen molar-refractivity contribution in [2.45, 2.75) is 32.2 Å². The van der Waals surface area contributed by atoms with Gasteiger partial charge in [-0.15, -0.1) is 0 Å². The van der Waals surface area contributed by atoms with Gasteiger partial charge in [-0.25, -0.2) is 0 Å². The summed E-state index contributed by atoms with van der Waals surface area (Å²) in [5, 5.41) is 3.61. The molecule has 3 nitrogen and oxygen atoms in total. The Labute approximate surface area is 93.2 Å². The van der Waals surface area contributed by atoms with Gasteiger partial charge in [0.2, 0.25) is 0 Å². The number of ether oxygens (including phenoxy) is 1. The molecule has 0 saturated carbocycles. The Morgan fingerprint density at radius 3 is 3.13 bits per heavy atom. The van der Waals surface area contributed by atoms with Gasteiger partial charge in [0, 0.05) is 25.7 Å². The molecule has 2 fully saturated rings. The van der Waals surface area contributed by atoms with Gasteiger partial charge in [-0.05, 0) is 38.3 Å². The van der Waals surface area contributed by atoms with E-state index in [1.807, 2.05) is 0 Å². The lowest BCUT2D eigenvalue weighted by molar-refractivity contribution is 0.165. The van der Waals surface area contributed by atoms with Crippen LogP contribution in [0.2, 0.25) is 0 Å². The van der Waals surface area contributed by atoms with Gasteiger partial charge < -0.3 is 15.0 Å². The summed E-state index contributed by atoms with van der Waals surface area (Å²) >= 11 is 0. The molecule has 2 aliphatic rings. The van der Waals surface area contributed by atoms with Crippen molar-refractivity contribution in [3.63, 3.8) is 0 Å². The van der Waals surface area contributed by atoms with Crippen molar-refractivity contribution in [3.05, 3.63) is 0 Å². The maximum Gasteiger partial charge on any atom is 0.0507 e. The Morgan fingerprint density at radius 1 is 1.47 bits per heavy atom. The standard InChI is InChI=1S/C12H24N2O/c1-2-12-9-14(6-3-5-13-12)8-11-4-7-15-10-11/h11-13H,2-10H2,1H3. The lowest BCUT2D eigenvalue weighted by Crippen LogP contribution is -2.39. The molecular formula is C12H24N2O. The molecule has 2 saturated heterocycles. The summed E-state index contributed by atoms with van der Waals surface area (Å²) in [6.07, 6.45) is 3.81. The molecule has 0 radical (unpaired) electrons. The maximum atomic E-state index is 5.44. The van der Waals surface area contributed by atoms with Crippen LogP contribution < -0.4 is 5.32 Å². The Morgan fingerprint density at radius 2 is 2.40 bits per heavy atom. The monoisotopic (exact) mass is 212 g/mol. The molecule has 0 aliphatic carbocycles. The lowest BCUT2D eigenvalue weighted by atomic mass is 10.1. The average molecular weight is 212 g/mol. The molecule has 0 bridgehead atoms. The van der Waals surface area contributed by atoms with Crippen LogP contribution in [0, 0.1) is 5.92 Å². The van der Waals surface area contributed by atoms with E-state index in [0.717, 1.165) is 19.1 Å². The fraction of sp³-hybridized carbons (Fsp3) is 1.00. The minimum atomic E-state index is 0.704. The van der Waals surface area contributed by atoms with Crippen LogP contribution in [0.5, 0.6) is 0 Å². The second-order valence-corrected chi connectivity index (χ2v) is 4.90. The van der Waals surface area contributed by atoms with Crippen LogP contribution in [-0.2, 0) is 4.74 Å². The summed E-state index contributed by atoms with van der Waals surface area (Å²) in [5.41, 5.74) is 0. The van der Waals surface area contributed by atoms with E-state index in [1.54, 1.807) is 0 Å². The third-order valence-corrected chi connectivity index (χ3v) is 3.60. The molecule has 88 valence electrons. The summed E-state index contributed by atoms with van der Waals surface area (Å²) in [7, 11) is 0. The van der Waals surface area contributed by atoms with Gasteiger partial charge in [-0.2, -0.15) is 0 Å². The predicted molar refractivity (Wildman–Crippen MR) is 62.1 cm³/mol. The van der Waals surface area contributed by atoms with E-state index in [-0.39, 0.29) is 0 Å². The number of hydrogen-bond donors (Lipinski definition) is 1. The van der Waals surface area contributed by atoms with Crippen LogP contribution in [0.1, 0.15) is 26.2 Å². The van der Waals surface area contributed by atoms with Gasteiger partial charge in [0.15, 0.2) is 0 Å². The van der Waals surface area contributed by atoms with Gasteiger partial charge >= 0.3 is 0 Å². The Balaban J connectivity index is 1.78. The first-order chi connectivity index (χ1) is 7.38. The fourth-order valence-corrected chi connectivity index (χ4v) is 2.61. The quantitative estimate of drug-likeness (QED) is 0.758. The third kappa shape index (κ3) is 3.44. The first-order valence-electron chi connectivity index (χ1n) is 6.42. The molecule has 2 heterocycles. The summed E-state index contributed by atoms with van der Waals surface area (Å²) in [4.78, 5) is 2.63. The highest BCUT2D eigenvalue weighted by Gasteiger charge is 2.22. The topological polar surface area (TPSA) is 24.5 Å². The molecular weight excluding hydrogens is 188 g/mol. The Bertz CT molecular complexity index is 180. The van der Waals surface area contributed by atoms with Crippen molar-refractivity contribution in [3.8, 4) is 0 Å². The number of nitrogens with one attached hydrogen (secondary N) is 1. The molecule has 2 atom stereocenters. The molecule has 1 N–H and O–H groups in total. The average Bonchev–Trinajstić information content (AvgIpc) is 2.64. The predicted octanol–water partition coefficient (Wildman–Crippen LogP) is 1.10. The molecule has 0 amide bonds. The van der Waals surface area contributed by atoms with E-state index in [0.29, 0.717) is 6.04 Å². The van der Waals surface area contributed by atoms with Crippen molar-refractivity contribution in [1.29, 1.82) is 0 Å². The summed E-state index contributed by atoms with van der Waals surface area (Å²) < 4.78 is 5.44. The van der Waals surface area contributed by atoms with Crippen molar-refractivity contribution in [1.82, 2.24) is 10.2 Å². The van der Waals surface area contributed by atoms with Gasteiger partial charge in [0.25, 0.3) is 0 Å². The van der Waals surface area contributed by atoms with Crippen molar-refractivity contribution < 1.29 is 4.74 Å². The van der Waals surface area contributed by atoms with E-state index < -0.39 is 0 Å². The number of nitrogens with zero attached hydrogens (tertiary/aromatic N) is 1. The third-order valence-electron chi connectivity index (χ3n) is 3.60. The zero-order valence-corrected chi connectivity index (χ0v) is 9.87. The zero-order valence-electron chi connectivity index (χ0n) is 9.87. The molecule has 0 aromatic rings. The molecule has 0 aromatic heterocycles. The molecule has 0 aromatic carbocycles. The summed E-state index contributed by atoms with van der Waals surface area (Å²) in [6.45, 7) is 9.18. The van der Waals surface area contributed by atoms with Gasteiger partial charge in [0.05, 0.1) is 6.61 Å². The number of hydrogen-bond acceptors (Lipinski definition) is 3. The minimum Gasteiger partial charge on any atom is -0.381 e. The Hall–Kier alpha value is -0.120. The van der Waals surface area contributed by atoms with Crippen LogP contribution in [0.15, 0.2) is 0 Å². The minimum absolute atomic E-state index is 0.704.